The maximum absolute atomic E-state index is 12.0. The number of piperidine rings is 1. The van der Waals surface area contributed by atoms with E-state index in [1.54, 1.807) is 6.92 Å². The van der Waals surface area contributed by atoms with E-state index in [1.165, 1.54) is 0 Å². The van der Waals surface area contributed by atoms with Crippen LogP contribution in [0.25, 0.3) is 0 Å². The maximum Gasteiger partial charge on any atom is 0.305 e. The molecule has 0 saturated carbocycles. The maximum atomic E-state index is 12.0. The van der Waals surface area contributed by atoms with Gasteiger partial charge in [-0.3, -0.25) is 9.59 Å². The van der Waals surface area contributed by atoms with Crippen molar-refractivity contribution in [3.05, 3.63) is 0 Å². The molecule has 3 N–H and O–H groups in total. The summed E-state index contributed by atoms with van der Waals surface area (Å²) >= 11 is 0. The highest BCUT2D eigenvalue weighted by Gasteiger charge is 2.35. The number of carboxylic acids is 1. The minimum absolute atomic E-state index is 0.0252. The Morgan fingerprint density at radius 2 is 2.00 bits per heavy atom. The van der Waals surface area contributed by atoms with Crippen LogP contribution >= 0.6 is 0 Å². The lowest BCUT2D eigenvalue weighted by Crippen LogP contribution is -2.48. The van der Waals surface area contributed by atoms with Gasteiger partial charge in [0.25, 0.3) is 0 Å². The molecule has 1 atom stereocenters. The number of nitrogens with one attached hydrogen (secondary N) is 2. The van der Waals surface area contributed by atoms with Gasteiger partial charge < -0.3 is 15.7 Å². The highest BCUT2D eigenvalue weighted by Crippen LogP contribution is 2.28. The fourth-order valence-corrected chi connectivity index (χ4v) is 1.92. The molecular formula is C11H20N2O3. The standard InChI is InChI=1S/C11H20N2O3/c1-8(7-9(14)15)13-10(16)11(2)3-5-12-6-4-11/h8,12H,3-7H2,1-2H3,(H,13,16)(H,14,15). The van der Waals surface area contributed by atoms with Gasteiger partial charge in [0.2, 0.25) is 5.91 Å². The van der Waals surface area contributed by atoms with Crippen LogP contribution in [0.15, 0.2) is 0 Å². The van der Waals surface area contributed by atoms with E-state index < -0.39 is 5.97 Å². The van der Waals surface area contributed by atoms with Gasteiger partial charge in [0.15, 0.2) is 0 Å². The van der Waals surface area contributed by atoms with Crippen LogP contribution in [-0.2, 0) is 9.59 Å². The second kappa shape index (κ2) is 5.30. The van der Waals surface area contributed by atoms with Crippen LogP contribution in [0.4, 0.5) is 0 Å². The van der Waals surface area contributed by atoms with Crippen molar-refractivity contribution in [1.82, 2.24) is 10.6 Å². The molecular weight excluding hydrogens is 208 g/mol. The van der Waals surface area contributed by atoms with Crippen LogP contribution in [-0.4, -0.2) is 36.1 Å². The third kappa shape index (κ3) is 3.48. The van der Waals surface area contributed by atoms with Gasteiger partial charge in [0, 0.05) is 11.5 Å². The monoisotopic (exact) mass is 228 g/mol. The average Bonchev–Trinajstić information content (AvgIpc) is 2.17. The molecule has 1 heterocycles. The second-order valence-electron chi connectivity index (χ2n) is 4.78. The number of rotatable bonds is 4. The van der Waals surface area contributed by atoms with Crippen LogP contribution in [0, 0.1) is 5.41 Å². The van der Waals surface area contributed by atoms with Crippen LogP contribution in [0.2, 0.25) is 0 Å². The molecule has 1 amide bonds. The molecule has 0 radical (unpaired) electrons. The molecule has 92 valence electrons. The number of carbonyl (C=O) groups is 2. The Morgan fingerprint density at radius 1 is 1.44 bits per heavy atom. The van der Waals surface area contributed by atoms with E-state index in [1.807, 2.05) is 6.92 Å². The summed E-state index contributed by atoms with van der Waals surface area (Å²) in [7, 11) is 0. The molecule has 0 aromatic carbocycles. The second-order valence-corrected chi connectivity index (χ2v) is 4.78. The van der Waals surface area contributed by atoms with Crippen LogP contribution in [0.1, 0.15) is 33.1 Å². The summed E-state index contributed by atoms with van der Waals surface area (Å²) in [6.45, 7) is 5.35. The van der Waals surface area contributed by atoms with Gasteiger partial charge in [0.1, 0.15) is 0 Å². The molecule has 0 aliphatic carbocycles. The van der Waals surface area contributed by atoms with Crippen molar-refractivity contribution in [3.63, 3.8) is 0 Å². The molecule has 5 heteroatoms. The highest BCUT2D eigenvalue weighted by atomic mass is 16.4. The van der Waals surface area contributed by atoms with Gasteiger partial charge in [0.05, 0.1) is 6.42 Å². The molecule has 16 heavy (non-hydrogen) atoms. The molecule has 0 aromatic heterocycles. The zero-order valence-corrected chi connectivity index (χ0v) is 9.88. The number of carbonyl (C=O) groups excluding carboxylic acids is 1. The summed E-state index contributed by atoms with van der Waals surface area (Å²) in [5, 5.41) is 14.6. The van der Waals surface area contributed by atoms with Crippen LogP contribution in [0.5, 0.6) is 0 Å². The first-order valence-electron chi connectivity index (χ1n) is 5.67. The largest absolute Gasteiger partial charge is 0.481 e. The number of hydrogen-bond donors (Lipinski definition) is 3. The Morgan fingerprint density at radius 3 is 2.50 bits per heavy atom. The molecule has 1 saturated heterocycles. The van der Waals surface area contributed by atoms with Crippen molar-refractivity contribution in [1.29, 1.82) is 0 Å². The first-order valence-corrected chi connectivity index (χ1v) is 5.67. The lowest BCUT2D eigenvalue weighted by Gasteiger charge is -2.33. The quantitative estimate of drug-likeness (QED) is 0.649. The molecule has 1 aliphatic rings. The number of aliphatic carboxylic acids is 1. The van der Waals surface area contributed by atoms with Crippen LogP contribution in [0.3, 0.4) is 0 Å². The first-order chi connectivity index (χ1) is 7.44. The Balaban J connectivity index is 2.47. The summed E-state index contributed by atoms with van der Waals surface area (Å²) in [6, 6.07) is -0.309. The third-order valence-electron chi connectivity index (χ3n) is 3.11. The molecule has 1 unspecified atom stereocenters. The van der Waals surface area contributed by atoms with E-state index in [-0.39, 0.29) is 23.8 Å². The van der Waals surface area contributed by atoms with E-state index in [4.69, 9.17) is 5.11 Å². The van der Waals surface area contributed by atoms with Crippen LogP contribution < -0.4 is 10.6 Å². The number of hydrogen-bond acceptors (Lipinski definition) is 3. The van der Waals surface area contributed by atoms with Gasteiger partial charge in [-0.1, -0.05) is 6.92 Å². The minimum Gasteiger partial charge on any atom is -0.481 e. The lowest BCUT2D eigenvalue weighted by atomic mass is 9.80. The molecule has 1 rings (SSSR count). The van der Waals surface area contributed by atoms with Gasteiger partial charge >= 0.3 is 5.97 Å². The van der Waals surface area contributed by atoms with E-state index in [0.717, 1.165) is 25.9 Å². The normalized spacial score (nSPS) is 21.1. The van der Waals surface area contributed by atoms with Gasteiger partial charge in [-0.2, -0.15) is 0 Å². The summed E-state index contributed by atoms with van der Waals surface area (Å²) in [6.07, 6.45) is 1.58. The van der Waals surface area contributed by atoms with Crippen molar-refractivity contribution in [3.8, 4) is 0 Å². The van der Waals surface area contributed by atoms with Crippen molar-refractivity contribution in [2.45, 2.75) is 39.2 Å². The Hall–Kier alpha value is -1.10. The Labute approximate surface area is 95.6 Å². The summed E-state index contributed by atoms with van der Waals surface area (Å²) in [5.41, 5.74) is -0.349. The first kappa shape index (κ1) is 13.0. The van der Waals surface area contributed by atoms with Crippen molar-refractivity contribution >= 4 is 11.9 Å². The topological polar surface area (TPSA) is 78.4 Å². The predicted molar refractivity (Wildman–Crippen MR) is 60.1 cm³/mol. The fourth-order valence-electron chi connectivity index (χ4n) is 1.92. The molecule has 1 fully saturated rings. The van der Waals surface area contributed by atoms with Gasteiger partial charge in [-0.05, 0) is 32.9 Å². The number of amides is 1. The fraction of sp³-hybridized carbons (Fsp3) is 0.818. The Kier molecular flexibility index (Phi) is 4.29. The zero-order chi connectivity index (χ0) is 12.2. The van der Waals surface area contributed by atoms with E-state index in [0.29, 0.717) is 0 Å². The summed E-state index contributed by atoms with van der Waals surface area (Å²) in [4.78, 5) is 22.5. The smallest absolute Gasteiger partial charge is 0.305 e. The average molecular weight is 228 g/mol. The van der Waals surface area contributed by atoms with Gasteiger partial charge in [-0.15, -0.1) is 0 Å². The van der Waals surface area contributed by atoms with Crippen molar-refractivity contribution in [2.24, 2.45) is 5.41 Å². The molecule has 5 nitrogen and oxygen atoms in total. The van der Waals surface area contributed by atoms with Gasteiger partial charge in [-0.25, -0.2) is 0 Å². The summed E-state index contributed by atoms with van der Waals surface area (Å²) < 4.78 is 0. The SMILES string of the molecule is CC(CC(=O)O)NC(=O)C1(C)CCNCC1. The Bertz CT molecular complexity index is 272. The summed E-state index contributed by atoms with van der Waals surface area (Å²) in [5.74, 6) is -0.911. The molecule has 1 aliphatic heterocycles. The van der Waals surface area contributed by atoms with E-state index in [9.17, 15) is 9.59 Å². The third-order valence-corrected chi connectivity index (χ3v) is 3.11. The zero-order valence-electron chi connectivity index (χ0n) is 9.88. The minimum atomic E-state index is -0.886. The van der Waals surface area contributed by atoms with E-state index in [2.05, 4.69) is 10.6 Å². The lowest BCUT2D eigenvalue weighted by molar-refractivity contribution is -0.138. The van der Waals surface area contributed by atoms with E-state index >= 15 is 0 Å². The highest BCUT2D eigenvalue weighted by molar-refractivity contribution is 5.83. The predicted octanol–water partition coefficient (Wildman–Crippen LogP) is 0.355. The molecule has 0 spiro atoms. The number of carboxylic acid groups (broad SMARTS) is 1. The van der Waals surface area contributed by atoms with Crippen molar-refractivity contribution < 1.29 is 14.7 Å². The molecule has 0 bridgehead atoms. The van der Waals surface area contributed by atoms with Crippen molar-refractivity contribution in [2.75, 3.05) is 13.1 Å². The molecule has 0 aromatic rings.